The Morgan fingerprint density at radius 2 is 1.70 bits per heavy atom. The highest BCUT2D eigenvalue weighted by molar-refractivity contribution is 6.30. The number of likely N-dealkylation sites (N-methyl/N-ethyl adjacent to an activating group) is 1. The van der Waals surface area contributed by atoms with Gasteiger partial charge >= 0.3 is 6.03 Å². The smallest absolute Gasteiger partial charge is 0.309 e. The van der Waals surface area contributed by atoms with Gasteiger partial charge in [0.25, 0.3) is 5.92 Å². The highest BCUT2D eigenvalue weighted by Crippen LogP contribution is 2.36. The molecule has 0 saturated carbocycles. The fraction of sp³-hybridized carbons (Fsp3) is 0.361. The maximum Gasteiger partial charge on any atom is 0.338 e. The van der Waals surface area contributed by atoms with E-state index in [1.165, 1.54) is 34.8 Å². The van der Waals surface area contributed by atoms with Crippen molar-refractivity contribution in [1.29, 1.82) is 0 Å². The molecule has 0 aromatic heterocycles. The summed E-state index contributed by atoms with van der Waals surface area (Å²) in [5.41, 5.74) is 2.20. The summed E-state index contributed by atoms with van der Waals surface area (Å²) in [4.78, 5) is 43.3. The molecule has 1 N–H and O–H groups in total. The number of halogens is 3. The number of rotatable bonds is 11. The number of hydrazine groups is 1. The summed E-state index contributed by atoms with van der Waals surface area (Å²) in [6, 6.07) is 21.5. The minimum atomic E-state index is -3.20. The second kappa shape index (κ2) is 14.6. The topological polar surface area (TPSA) is 73.0 Å². The summed E-state index contributed by atoms with van der Waals surface area (Å²) in [6.45, 7) is 5.36. The predicted molar refractivity (Wildman–Crippen MR) is 175 cm³/mol. The van der Waals surface area contributed by atoms with Crippen LogP contribution in [-0.2, 0) is 28.4 Å². The van der Waals surface area contributed by atoms with Crippen molar-refractivity contribution in [2.75, 3.05) is 18.4 Å². The number of fused-ring (bicyclic) bond motifs is 1. The lowest BCUT2D eigenvalue weighted by molar-refractivity contribution is -0.183. The van der Waals surface area contributed by atoms with E-state index >= 15 is 0 Å². The lowest BCUT2D eigenvalue weighted by atomic mass is 9.81. The number of hydrogen-bond donors (Lipinski definition) is 1. The van der Waals surface area contributed by atoms with E-state index in [9.17, 15) is 23.2 Å². The van der Waals surface area contributed by atoms with Gasteiger partial charge in [0.1, 0.15) is 6.17 Å². The maximum absolute atomic E-state index is 14.1. The molecule has 0 bridgehead atoms. The van der Waals surface area contributed by atoms with Crippen LogP contribution >= 0.6 is 11.6 Å². The summed E-state index contributed by atoms with van der Waals surface area (Å²) in [6.07, 6.45) is 3.77. The molecule has 2 heterocycles. The number of Topliss-reactive ketones (excluding diaryl/α,β-unsaturated/α-hetero) is 1. The van der Waals surface area contributed by atoms with Crippen molar-refractivity contribution in [1.82, 2.24) is 14.9 Å². The Kier molecular flexibility index (Phi) is 10.5. The van der Waals surface area contributed by atoms with Crippen LogP contribution in [0.25, 0.3) is 0 Å². The molecule has 3 amide bonds. The third kappa shape index (κ3) is 7.48. The van der Waals surface area contributed by atoms with Crippen LogP contribution in [0.1, 0.15) is 49.3 Å². The number of ketones is 1. The first-order valence-electron chi connectivity index (χ1n) is 15.7. The van der Waals surface area contributed by atoms with Gasteiger partial charge in [-0.3, -0.25) is 9.59 Å². The average molecular weight is 649 g/mol. The van der Waals surface area contributed by atoms with E-state index in [1.807, 2.05) is 37.3 Å². The number of aryl methyl sites for hydroxylation is 1. The zero-order valence-corrected chi connectivity index (χ0v) is 26.6. The lowest BCUT2D eigenvalue weighted by Gasteiger charge is -2.54. The van der Waals surface area contributed by atoms with Crippen molar-refractivity contribution in [3.63, 3.8) is 0 Å². The van der Waals surface area contributed by atoms with E-state index in [0.29, 0.717) is 42.6 Å². The van der Waals surface area contributed by atoms with Crippen LogP contribution in [-0.4, -0.2) is 57.9 Å². The third-order valence-electron chi connectivity index (χ3n) is 8.88. The third-order valence-corrected chi connectivity index (χ3v) is 9.13. The Morgan fingerprint density at radius 3 is 2.35 bits per heavy atom. The van der Waals surface area contributed by atoms with Crippen molar-refractivity contribution in [2.45, 2.75) is 63.6 Å². The largest absolute Gasteiger partial charge is 0.338 e. The Labute approximate surface area is 273 Å². The van der Waals surface area contributed by atoms with E-state index in [0.717, 1.165) is 24.8 Å². The normalized spacial score (nSPS) is 20.4. The molecular formula is C36H39ClF2N4O3. The molecule has 3 aromatic rings. The van der Waals surface area contributed by atoms with E-state index < -0.39 is 24.2 Å². The van der Waals surface area contributed by atoms with Crippen molar-refractivity contribution in [2.24, 2.45) is 5.92 Å². The number of benzene rings is 3. The van der Waals surface area contributed by atoms with Crippen LogP contribution in [0.3, 0.4) is 0 Å². The standard InChI is InChI=1S/C36H39ClF2N4O3/c1-3-36(38,39)28-16-20-30(21-17-28)40-35(46)43-32-23-27(13-9-8-12-25-10-6-5-7-11-25)34(45)31(22-26-14-18-29(37)19-15-26)42(32)33(44)24-41(43)4-2/h3,5-7,10-11,14-21,27,31-32H,1,4,8-9,12-13,22-24H2,2H3,(H,40,46). The van der Waals surface area contributed by atoms with Gasteiger partial charge in [-0.05, 0) is 67.2 Å². The number of allylic oxidation sites excluding steroid dienone is 1. The van der Waals surface area contributed by atoms with E-state index in [2.05, 4.69) is 24.0 Å². The average Bonchev–Trinajstić information content (AvgIpc) is 3.06. The van der Waals surface area contributed by atoms with Crippen LogP contribution in [0.5, 0.6) is 0 Å². The SMILES string of the molecule is C=CC(F)(F)c1ccc(NC(=O)N2C3CC(CCCCc4ccccc4)C(=O)C(Cc4ccc(Cl)cc4)N3C(=O)CN2CC)cc1. The Hall–Kier alpha value is -4.08. The van der Waals surface area contributed by atoms with Gasteiger partial charge in [-0.25, -0.2) is 14.8 Å². The number of amides is 3. The Morgan fingerprint density at radius 1 is 1.00 bits per heavy atom. The van der Waals surface area contributed by atoms with Crippen LogP contribution in [0, 0.1) is 5.92 Å². The van der Waals surface area contributed by atoms with E-state index in [1.54, 1.807) is 22.0 Å². The number of nitrogens with one attached hydrogen (secondary N) is 1. The molecule has 5 rings (SSSR count). The molecule has 3 atom stereocenters. The zero-order valence-electron chi connectivity index (χ0n) is 25.9. The summed E-state index contributed by atoms with van der Waals surface area (Å²) in [5.74, 6) is -3.77. The summed E-state index contributed by atoms with van der Waals surface area (Å²) < 4.78 is 28.2. The van der Waals surface area contributed by atoms with E-state index in [4.69, 9.17) is 11.6 Å². The quantitative estimate of drug-likeness (QED) is 0.173. The van der Waals surface area contributed by atoms with Gasteiger partial charge in [0, 0.05) is 35.2 Å². The van der Waals surface area contributed by atoms with Crippen LogP contribution in [0.15, 0.2) is 91.5 Å². The van der Waals surface area contributed by atoms with Crippen molar-refractivity contribution < 1.29 is 23.2 Å². The first kappa shape index (κ1) is 33.3. The monoisotopic (exact) mass is 648 g/mol. The molecule has 0 aliphatic carbocycles. The van der Waals surface area contributed by atoms with Gasteiger partial charge in [-0.15, -0.1) is 0 Å². The Bertz CT molecular complexity index is 1540. The van der Waals surface area contributed by atoms with Crippen LogP contribution < -0.4 is 5.32 Å². The highest BCUT2D eigenvalue weighted by atomic mass is 35.5. The second-order valence-corrected chi connectivity index (χ2v) is 12.3. The number of carbonyl (C=O) groups excluding carboxylic acids is 3. The molecule has 10 heteroatoms. The van der Waals surface area contributed by atoms with Gasteiger partial charge < -0.3 is 10.2 Å². The van der Waals surface area contributed by atoms with Gasteiger partial charge in [-0.2, -0.15) is 8.78 Å². The molecule has 2 saturated heterocycles. The summed E-state index contributed by atoms with van der Waals surface area (Å²) in [5, 5.41) is 6.61. The lowest BCUT2D eigenvalue weighted by Crippen LogP contribution is -2.73. The zero-order chi connectivity index (χ0) is 32.8. The summed E-state index contributed by atoms with van der Waals surface area (Å²) in [7, 11) is 0. The number of carbonyl (C=O) groups is 3. The molecule has 46 heavy (non-hydrogen) atoms. The number of urea groups is 1. The fourth-order valence-electron chi connectivity index (χ4n) is 6.43. The molecule has 2 fully saturated rings. The molecular weight excluding hydrogens is 610 g/mol. The number of hydrogen-bond acceptors (Lipinski definition) is 4. The minimum Gasteiger partial charge on any atom is -0.309 e. The molecule has 242 valence electrons. The molecule has 2 aliphatic rings. The second-order valence-electron chi connectivity index (χ2n) is 11.9. The van der Waals surface area contributed by atoms with E-state index in [-0.39, 0.29) is 29.7 Å². The predicted octanol–water partition coefficient (Wildman–Crippen LogP) is 7.47. The molecule has 0 spiro atoms. The molecule has 3 unspecified atom stereocenters. The van der Waals surface area contributed by atoms with Crippen molar-refractivity contribution >= 4 is 35.0 Å². The molecule has 7 nitrogen and oxygen atoms in total. The first-order valence-corrected chi connectivity index (χ1v) is 16.1. The fourth-order valence-corrected chi connectivity index (χ4v) is 6.56. The number of nitrogens with zero attached hydrogens (tertiary/aromatic N) is 3. The first-order chi connectivity index (χ1) is 22.1. The highest BCUT2D eigenvalue weighted by Gasteiger charge is 2.51. The van der Waals surface area contributed by atoms with Gasteiger partial charge in [0.2, 0.25) is 5.91 Å². The Balaban J connectivity index is 1.40. The van der Waals surface area contributed by atoms with Crippen molar-refractivity contribution in [3.8, 4) is 0 Å². The number of piperidine rings is 1. The van der Waals surface area contributed by atoms with Gasteiger partial charge in [0.15, 0.2) is 5.78 Å². The number of anilines is 1. The van der Waals surface area contributed by atoms with Crippen LogP contribution in [0.4, 0.5) is 19.3 Å². The summed E-state index contributed by atoms with van der Waals surface area (Å²) >= 11 is 6.12. The molecule has 3 aromatic carbocycles. The van der Waals surface area contributed by atoms with Crippen molar-refractivity contribution in [3.05, 3.63) is 113 Å². The maximum atomic E-state index is 14.1. The number of unbranched alkanes of at least 4 members (excludes halogenated alkanes) is 1. The molecule has 0 radical (unpaired) electrons. The van der Waals surface area contributed by atoms with Gasteiger partial charge in [-0.1, -0.05) is 86.1 Å². The van der Waals surface area contributed by atoms with Crippen LogP contribution in [0.2, 0.25) is 5.02 Å². The number of alkyl halides is 2. The van der Waals surface area contributed by atoms with Gasteiger partial charge in [0.05, 0.1) is 12.6 Å². The minimum absolute atomic E-state index is 0.00306. The molecule has 2 aliphatic heterocycles.